The first-order valence-corrected chi connectivity index (χ1v) is 6.67. The van der Waals surface area contributed by atoms with E-state index in [1.54, 1.807) is 7.11 Å². The highest BCUT2D eigenvalue weighted by Crippen LogP contribution is 2.28. The topological polar surface area (TPSA) is 29.5 Å². The van der Waals surface area contributed by atoms with Crippen LogP contribution in [0.15, 0.2) is 48.5 Å². The van der Waals surface area contributed by atoms with E-state index in [9.17, 15) is 4.79 Å². The first-order chi connectivity index (χ1) is 9.67. The number of nitrogens with zero attached hydrogens (tertiary/aromatic N) is 1. The molecule has 2 aromatic carbocycles. The number of ether oxygens (including phenoxy) is 1. The number of anilines is 2. The first kappa shape index (κ1) is 14.1. The fraction of sp³-hybridized carbons (Fsp3) is 0.235. The van der Waals surface area contributed by atoms with Crippen LogP contribution < -0.4 is 9.64 Å². The van der Waals surface area contributed by atoms with Crippen LogP contribution in [0.2, 0.25) is 0 Å². The second-order valence-corrected chi connectivity index (χ2v) is 4.55. The van der Waals surface area contributed by atoms with Crippen LogP contribution in [0.3, 0.4) is 0 Å². The summed E-state index contributed by atoms with van der Waals surface area (Å²) in [6.45, 7) is 1.88. The Morgan fingerprint density at radius 1 is 1.10 bits per heavy atom. The molecule has 0 heterocycles. The summed E-state index contributed by atoms with van der Waals surface area (Å²) in [7, 11) is 3.61. The zero-order valence-electron chi connectivity index (χ0n) is 12.1. The molecule has 0 aliphatic rings. The molecule has 0 saturated heterocycles. The highest BCUT2D eigenvalue weighted by atomic mass is 16.5. The lowest BCUT2D eigenvalue weighted by molar-refractivity contribution is 0.0989. The molecule has 0 aromatic heterocycles. The second kappa shape index (κ2) is 6.24. The van der Waals surface area contributed by atoms with Crippen molar-refractivity contribution in [2.75, 3.05) is 19.1 Å². The van der Waals surface area contributed by atoms with E-state index in [1.807, 2.05) is 67.4 Å². The van der Waals surface area contributed by atoms with Crippen molar-refractivity contribution in [2.45, 2.75) is 13.3 Å². The third-order valence-electron chi connectivity index (χ3n) is 3.35. The van der Waals surface area contributed by atoms with Crippen molar-refractivity contribution in [3.05, 3.63) is 54.1 Å². The predicted octanol–water partition coefficient (Wildman–Crippen LogP) is 4.06. The Morgan fingerprint density at radius 2 is 1.75 bits per heavy atom. The number of benzene rings is 2. The lowest BCUT2D eigenvalue weighted by Crippen LogP contribution is -2.13. The van der Waals surface area contributed by atoms with Gasteiger partial charge in [-0.15, -0.1) is 0 Å². The van der Waals surface area contributed by atoms with Crippen molar-refractivity contribution < 1.29 is 9.53 Å². The lowest BCUT2D eigenvalue weighted by Gasteiger charge is -2.22. The molecule has 0 bridgehead atoms. The maximum absolute atomic E-state index is 12.0. The van der Waals surface area contributed by atoms with Gasteiger partial charge in [-0.25, -0.2) is 0 Å². The Bertz CT molecular complexity index is 590. The zero-order chi connectivity index (χ0) is 14.5. The maximum Gasteiger partial charge on any atom is 0.164 e. The Kier molecular flexibility index (Phi) is 4.41. The molecule has 3 nitrogen and oxygen atoms in total. The van der Waals surface area contributed by atoms with Crippen molar-refractivity contribution in [2.24, 2.45) is 0 Å². The quantitative estimate of drug-likeness (QED) is 0.767. The summed E-state index contributed by atoms with van der Waals surface area (Å²) in [4.78, 5) is 14.0. The standard InChI is InChI=1S/C17H19NO2/c1-4-17(19)15-7-5-6-8-16(15)18(2)13-9-11-14(20-3)12-10-13/h5-12H,4H2,1-3H3. The number of carbonyl (C=O) groups is 1. The van der Waals surface area contributed by atoms with Gasteiger partial charge in [0.05, 0.1) is 12.8 Å². The van der Waals surface area contributed by atoms with Crippen LogP contribution in [0.5, 0.6) is 5.75 Å². The van der Waals surface area contributed by atoms with Crippen molar-refractivity contribution in [3.63, 3.8) is 0 Å². The van der Waals surface area contributed by atoms with Gasteiger partial charge in [-0.3, -0.25) is 4.79 Å². The molecule has 3 heteroatoms. The van der Waals surface area contributed by atoms with Gasteiger partial charge in [0.1, 0.15) is 5.75 Å². The van der Waals surface area contributed by atoms with E-state index in [1.165, 1.54) is 0 Å². The van der Waals surface area contributed by atoms with Gasteiger partial charge in [0.25, 0.3) is 0 Å². The Hall–Kier alpha value is -2.29. The minimum absolute atomic E-state index is 0.154. The average molecular weight is 269 g/mol. The smallest absolute Gasteiger partial charge is 0.164 e. The summed E-state index contributed by atoms with van der Waals surface area (Å²) in [5.41, 5.74) is 2.69. The van der Waals surface area contributed by atoms with Crippen LogP contribution in [0.4, 0.5) is 11.4 Å². The predicted molar refractivity (Wildman–Crippen MR) is 82.1 cm³/mol. The van der Waals surface area contributed by atoms with E-state index in [-0.39, 0.29) is 5.78 Å². The van der Waals surface area contributed by atoms with E-state index in [2.05, 4.69) is 0 Å². The van der Waals surface area contributed by atoms with Crippen LogP contribution in [0.25, 0.3) is 0 Å². The Labute approximate surface area is 119 Å². The molecule has 2 aromatic rings. The second-order valence-electron chi connectivity index (χ2n) is 4.55. The molecule has 104 valence electrons. The molecule has 0 unspecified atom stereocenters. The molecule has 0 saturated carbocycles. The van der Waals surface area contributed by atoms with Crippen LogP contribution in [-0.2, 0) is 0 Å². The Morgan fingerprint density at radius 3 is 2.35 bits per heavy atom. The van der Waals surface area contributed by atoms with Gasteiger partial charge in [-0.05, 0) is 36.4 Å². The largest absolute Gasteiger partial charge is 0.497 e. The minimum Gasteiger partial charge on any atom is -0.497 e. The number of ketones is 1. The molecule has 0 radical (unpaired) electrons. The molecule has 0 spiro atoms. The molecule has 0 fully saturated rings. The number of rotatable bonds is 5. The van der Waals surface area contributed by atoms with Crippen LogP contribution >= 0.6 is 0 Å². The van der Waals surface area contributed by atoms with E-state index in [0.717, 1.165) is 22.7 Å². The zero-order valence-corrected chi connectivity index (χ0v) is 12.1. The number of carbonyl (C=O) groups excluding carboxylic acids is 1. The van der Waals surface area contributed by atoms with Crippen LogP contribution in [-0.4, -0.2) is 19.9 Å². The third kappa shape index (κ3) is 2.82. The highest BCUT2D eigenvalue weighted by Gasteiger charge is 2.13. The average Bonchev–Trinajstić information content (AvgIpc) is 2.53. The van der Waals surface area contributed by atoms with Gasteiger partial charge in [-0.2, -0.15) is 0 Å². The lowest BCUT2D eigenvalue weighted by atomic mass is 10.1. The molecule has 2 rings (SSSR count). The van der Waals surface area contributed by atoms with Crippen molar-refractivity contribution in [1.29, 1.82) is 0 Å². The fourth-order valence-electron chi connectivity index (χ4n) is 2.14. The molecule has 20 heavy (non-hydrogen) atoms. The number of hydrogen-bond acceptors (Lipinski definition) is 3. The molecule has 0 aliphatic heterocycles. The summed E-state index contributed by atoms with van der Waals surface area (Å²) in [6.07, 6.45) is 0.507. The van der Waals surface area contributed by atoms with Crippen LogP contribution in [0, 0.1) is 0 Å². The number of methoxy groups -OCH3 is 1. The molecule has 0 aliphatic carbocycles. The number of Topliss-reactive ketones (excluding diaryl/α,β-unsaturated/α-hetero) is 1. The SMILES string of the molecule is CCC(=O)c1ccccc1N(C)c1ccc(OC)cc1. The van der Waals surface area contributed by atoms with Crippen molar-refractivity contribution >= 4 is 17.2 Å². The van der Waals surface area contributed by atoms with Gasteiger partial charge in [0.15, 0.2) is 5.78 Å². The molecular formula is C17H19NO2. The van der Waals surface area contributed by atoms with E-state index in [4.69, 9.17) is 4.74 Å². The van der Waals surface area contributed by atoms with Gasteiger partial charge in [0, 0.05) is 24.7 Å². The summed E-state index contributed by atoms with van der Waals surface area (Å²) in [5, 5.41) is 0. The normalized spacial score (nSPS) is 10.2. The molecule has 0 amide bonds. The van der Waals surface area contributed by atoms with Crippen molar-refractivity contribution in [1.82, 2.24) is 0 Å². The van der Waals surface area contributed by atoms with E-state index in [0.29, 0.717) is 6.42 Å². The van der Waals surface area contributed by atoms with Gasteiger partial charge >= 0.3 is 0 Å². The number of hydrogen-bond donors (Lipinski definition) is 0. The highest BCUT2D eigenvalue weighted by molar-refractivity contribution is 6.01. The minimum atomic E-state index is 0.154. The number of para-hydroxylation sites is 1. The van der Waals surface area contributed by atoms with Crippen LogP contribution in [0.1, 0.15) is 23.7 Å². The summed E-state index contributed by atoms with van der Waals surface area (Å²) < 4.78 is 5.16. The summed E-state index contributed by atoms with van der Waals surface area (Å²) in [6, 6.07) is 15.5. The summed E-state index contributed by atoms with van der Waals surface area (Å²) in [5.74, 6) is 0.973. The third-order valence-corrected chi connectivity index (χ3v) is 3.35. The van der Waals surface area contributed by atoms with E-state index >= 15 is 0 Å². The summed E-state index contributed by atoms with van der Waals surface area (Å²) >= 11 is 0. The van der Waals surface area contributed by atoms with Gasteiger partial charge < -0.3 is 9.64 Å². The molecule has 0 N–H and O–H groups in total. The van der Waals surface area contributed by atoms with Gasteiger partial charge in [0.2, 0.25) is 0 Å². The van der Waals surface area contributed by atoms with Crippen molar-refractivity contribution in [3.8, 4) is 5.75 Å². The fourth-order valence-corrected chi connectivity index (χ4v) is 2.14. The Balaban J connectivity index is 2.37. The monoisotopic (exact) mass is 269 g/mol. The maximum atomic E-state index is 12.0. The van der Waals surface area contributed by atoms with Gasteiger partial charge in [-0.1, -0.05) is 19.1 Å². The first-order valence-electron chi connectivity index (χ1n) is 6.67. The molecule has 0 atom stereocenters. The molecular weight excluding hydrogens is 250 g/mol. The van der Waals surface area contributed by atoms with E-state index < -0.39 is 0 Å².